The highest BCUT2D eigenvalue weighted by molar-refractivity contribution is 5.81. The molecule has 0 aliphatic carbocycles. The van der Waals surface area contributed by atoms with Crippen molar-refractivity contribution < 1.29 is 84.2 Å². The van der Waals surface area contributed by atoms with Crippen LogP contribution in [0.5, 0.6) is 0 Å². The maximum Gasteiger partial charge on any atom is 0.460 e. The summed E-state index contributed by atoms with van der Waals surface area (Å²) >= 11 is 0. The van der Waals surface area contributed by atoms with Gasteiger partial charge in [0.05, 0.1) is 0 Å². The number of rotatable bonds is 12. The molecule has 0 unspecified atom stereocenters. The molecule has 1 aromatic carbocycles. The molecule has 1 aromatic rings. The average Bonchev–Trinajstić information content (AvgIpc) is 2.80. The van der Waals surface area contributed by atoms with Gasteiger partial charge in [0.1, 0.15) is 6.61 Å². The SMILES string of the molecule is C/C=C/C(=O)OCc1ccc(CCC(F)(F)C(F)(F)C(F)(F)C(F)(F)C(F)(F)C(F)(F)C(F)(F)C(F)(F)F)cc1. The van der Waals surface area contributed by atoms with Crippen LogP contribution in [0.3, 0.4) is 0 Å². The predicted molar refractivity (Wildman–Crippen MR) is 100 cm³/mol. The minimum absolute atomic E-state index is 0.170. The summed E-state index contributed by atoms with van der Waals surface area (Å²) in [5.74, 6) is -57.2. The summed E-state index contributed by atoms with van der Waals surface area (Å²) in [6, 6.07) is 3.82. The number of allylic oxidation sites excluding steroid dienone is 1. The number of carbonyl (C=O) groups is 1. The van der Waals surface area contributed by atoms with Gasteiger partial charge in [-0.25, -0.2) is 4.79 Å². The van der Waals surface area contributed by atoms with Gasteiger partial charge in [0.25, 0.3) is 0 Å². The van der Waals surface area contributed by atoms with Gasteiger partial charge in [0, 0.05) is 12.5 Å². The molecule has 0 radical (unpaired) electrons. The van der Waals surface area contributed by atoms with Crippen molar-refractivity contribution in [1.29, 1.82) is 0 Å². The van der Waals surface area contributed by atoms with E-state index in [2.05, 4.69) is 0 Å². The molecule has 0 heterocycles. The Morgan fingerprint density at radius 1 is 0.625 bits per heavy atom. The molecule has 0 amide bonds. The van der Waals surface area contributed by atoms with Crippen LogP contribution in [0.4, 0.5) is 74.6 Å². The molecule has 0 spiro atoms. The van der Waals surface area contributed by atoms with Crippen LogP contribution in [0.2, 0.25) is 0 Å². The molecule has 0 N–H and O–H groups in total. The second kappa shape index (κ2) is 10.9. The van der Waals surface area contributed by atoms with Crippen molar-refractivity contribution in [1.82, 2.24) is 0 Å². The van der Waals surface area contributed by atoms with Gasteiger partial charge in [-0.05, 0) is 24.5 Å². The van der Waals surface area contributed by atoms with E-state index in [4.69, 9.17) is 4.74 Å². The largest absolute Gasteiger partial charge is 0.460 e. The molecule has 40 heavy (non-hydrogen) atoms. The Balaban J connectivity index is 3.25. The second-order valence-electron chi connectivity index (χ2n) is 8.07. The van der Waals surface area contributed by atoms with Crippen molar-refractivity contribution in [2.45, 2.75) is 74.0 Å². The van der Waals surface area contributed by atoms with Crippen molar-refractivity contribution in [2.75, 3.05) is 0 Å². The lowest BCUT2D eigenvalue weighted by atomic mass is 9.87. The molecule has 1 rings (SSSR count). The molecular formula is C21H15F17O2. The third-order valence-electron chi connectivity index (χ3n) is 5.22. The van der Waals surface area contributed by atoms with Crippen molar-refractivity contribution in [2.24, 2.45) is 0 Å². The molecule has 0 bridgehead atoms. The number of esters is 1. The van der Waals surface area contributed by atoms with Gasteiger partial charge in [-0.3, -0.25) is 0 Å². The van der Waals surface area contributed by atoms with Crippen molar-refractivity contribution in [3.05, 3.63) is 47.5 Å². The van der Waals surface area contributed by atoms with Gasteiger partial charge in [-0.15, -0.1) is 0 Å². The number of hydrogen-bond acceptors (Lipinski definition) is 2. The number of ether oxygens (including phenoxy) is 1. The van der Waals surface area contributed by atoms with Crippen LogP contribution in [-0.4, -0.2) is 53.6 Å². The summed E-state index contributed by atoms with van der Waals surface area (Å²) in [5, 5.41) is 0. The third-order valence-corrected chi connectivity index (χ3v) is 5.22. The smallest absolute Gasteiger partial charge is 0.458 e. The number of carbonyl (C=O) groups excluding carboxylic acids is 1. The van der Waals surface area contributed by atoms with Gasteiger partial charge in [0.15, 0.2) is 0 Å². The van der Waals surface area contributed by atoms with Crippen LogP contribution in [-0.2, 0) is 22.6 Å². The number of aryl methyl sites for hydroxylation is 1. The predicted octanol–water partition coefficient (Wildman–Crippen LogP) is 8.25. The minimum atomic E-state index is -8.64. The van der Waals surface area contributed by atoms with Crippen LogP contribution in [0.15, 0.2) is 36.4 Å². The van der Waals surface area contributed by atoms with Crippen molar-refractivity contribution >= 4 is 5.97 Å². The summed E-state index contributed by atoms with van der Waals surface area (Å²) in [7, 11) is 0. The molecule has 0 saturated carbocycles. The van der Waals surface area contributed by atoms with Crippen LogP contribution in [0, 0.1) is 0 Å². The molecule has 2 nitrogen and oxygen atoms in total. The van der Waals surface area contributed by atoms with Crippen LogP contribution < -0.4 is 0 Å². The molecule has 0 saturated heterocycles. The van der Waals surface area contributed by atoms with E-state index in [0.29, 0.717) is 0 Å². The Morgan fingerprint density at radius 2 is 1.00 bits per heavy atom. The van der Waals surface area contributed by atoms with Crippen molar-refractivity contribution in [3.63, 3.8) is 0 Å². The Bertz CT molecular complexity index is 1060. The lowest BCUT2D eigenvalue weighted by Crippen LogP contribution is -2.74. The second-order valence-corrected chi connectivity index (χ2v) is 8.07. The zero-order valence-electron chi connectivity index (χ0n) is 19.3. The number of hydrogen-bond donors (Lipinski definition) is 0. The van der Waals surface area contributed by atoms with Crippen molar-refractivity contribution in [3.8, 4) is 0 Å². The maximum atomic E-state index is 14.0. The molecule has 0 aliphatic rings. The van der Waals surface area contributed by atoms with E-state index in [0.717, 1.165) is 30.3 Å². The van der Waals surface area contributed by atoms with Gasteiger partial charge in [-0.1, -0.05) is 30.3 Å². The molecule has 0 atom stereocenters. The molecule has 0 aromatic heterocycles. The Hall–Kier alpha value is -2.76. The Morgan fingerprint density at radius 3 is 1.40 bits per heavy atom. The summed E-state index contributed by atoms with van der Waals surface area (Å²) in [4.78, 5) is 11.2. The Labute approximate surface area is 212 Å². The first kappa shape index (κ1) is 35.3. The summed E-state index contributed by atoms with van der Waals surface area (Å²) < 4.78 is 231. The van der Waals surface area contributed by atoms with E-state index in [9.17, 15) is 79.4 Å². The normalized spacial score (nSPS) is 15.1. The van der Waals surface area contributed by atoms with E-state index >= 15 is 0 Å². The Kier molecular flexibility index (Phi) is 9.62. The van der Waals surface area contributed by atoms with E-state index < -0.39 is 78.6 Å². The molecule has 0 fully saturated rings. The van der Waals surface area contributed by atoms with E-state index in [-0.39, 0.29) is 5.56 Å². The molecule has 230 valence electrons. The fraction of sp³-hybridized carbons (Fsp3) is 0.571. The first-order valence-electron chi connectivity index (χ1n) is 10.2. The molecular weight excluding hydrogens is 607 g/mol. The number of halogens is 17. The van der Waals surface area contributed by atoms with Gasteiger partial charge >= 0.3 is 53.6 Å². The highest BCUT2D eigenvalue weighted by Gasteiger charge is 2.95. The fourth-order valence-electron chi connectivity index (χ4n) is 2.80. The summed E-state index contributed by atoms with van der Waals surface area (Å²) in [5.41, 5.74) is -0.237. The third kappa shape index (κ3) is 5.82. The highest BCUT2D eigenvalue weighted by Crippen LogP contribution is 2.64. The fourth-order valence-corrected chi connectivity index (χ4v) is 2.80. The van der Waals surface area contributed by atoms with Gasteiger partial charge < -0.3 is 4.74 Å². The molecule has 0 aliphatic heterocycles. The zero-order valence-corrected chi connectivity index (χ0v) is 19.3. The zero-order chi connectivity index (χ0) is 31.8. The first-order valence-corrected chi connectivity index (χ1v) is 10.2. The monoisotopic (exact) mass is 622 g/mol. The summed E-state index contributed by atoms with van der Waals surface area (Å²) in [6.45, 7) is 1.07. The first-order chi connectivity index (χ1) is 17.7. The number of benzene rings is 1. The quantitative estimate of drug-likeness (QED) is 0.133. The number of alkyl halides is 17. The van der Waals surface area contributed by atoms with Gasteiger partial charge in [-0.2, -0.15) is 74.6 Å². The average molecular weight is 622 g/mol. The van der Waals surface area contributed by atoms with Crippen LogP contribution in [0.1, 0.15) is 24.5 Å². The summed E-state index contributed by atoms with van der Waals surface area (Å²) in [6.07, 6.45) is -9.41. The van der Waals surface area contributed by atoms with Gasteiger partial charge in [0.2, 0.25) is 0 Å². The highest BCUT2D eigenvalue weighted by atomic mass is 19.4. The maximum absolute atomic E-state index is 14.0. The van der Waals surface area contributed by atoms with E-state index in [1.54, 1.807) is 0 Å². The topological polar surface area (TPSA) is 26.3 Å². The van der Waals surface area contributed by atoms with E-state index in [1.807, 2.05) is 0 Å². The van der Waals surface area contributed by atoms with Crippen LogP contribution >= 0.6 is 0 Å². The van der Waals surface area contributed by atoms with E-state index in [1.165, 1.54) is 13.0 Å². The lowest BCUT2D eigenvalue weighted by molar-refractivity contribution is -0.461. The standard InChI is InChI=1S/C21H15F17O2/c1-2-3-13(39)40-10-12-6-4-11(5-7-12)8-9-14(22,23)15(24,25)16(26,27)17(28,29)18(30,31)19(32,33)20(34,35)21(36,37)38/h2-7H,8-10H2,1H3/b3-2+. The lowest BCUT2D eigenvalue weighted by Gasteiger charge is -2.42. The van der Waals surface area contributed by atoms with Crippen LogP contribution in [0.25, 0.3) is 0 Å². The molecule has 19 heteroatoms. The minimum Gasteiger partial charge on any atom is -0.458 e.